The fourth-order valence-corrected chi connectivity index (χ4v) is 3.26. The van der Waals surface area contributed by atoms with Crippen LogP contribution < -0.4 is 9.47 Å². The molecular formula is C16H14BrClO2. The molecule has 104 valence electrons. The van der Waals surface area contributed by atoms with E-state index in [1.54, 1.807) is 0 Å². The summed E-state index contributed by atoms with van der Waals surface area (Å²) in [6, 6.07) is 12.0. The number of alkyl halides is 1. The van der Waals surface area contributed by atoms with Gasteiger partial charge < -0.3 is 9.47 Å². The minimum atomic E-state index is 0.0806. The number of rotatable bonds is 2. The van der Waals surface area contributed by atoms with Crippen LogP contribution in [-0.2, 0) is 0 Å². The normalized spacial score (nSPS) is 14.9. The average molecular weight is 354 g/mol. The van der Waals surface area contributed by atoms with Crippen LogP contribution in [0.1, 0.15) is 21.5 Å². The average Bonchev–Trinajstić information content (AvgIpc) is 2.49. The molecule has 0 saturated heterocycles. The predicted molar refractivity (Wildman–Crippen MR) is 84.4 cm³/mol. The molecule has 0 aliphatic carbocycles. The van der Waals surface area contributed by atoms with E-state index in [0.717, 1.165) is 33.2 Å². The molecule has 0 radical (unpaired) electrons. The molecule has 2 aromatic rings. The van der Waals surface area contributed by atoms with Gasteiger partial charge in [0, 0.05) is 5.02 Å². The van der Waals surface area contributed by atoms with Gasteiger partial charge in [0.05, 0.1) is 4.83 Å². The number of hydrogen-bond acceptors (Lipinski definition) is 2. The molecule has 0 amide bonds. The van der Waals surface area contributed by atoms with E-state index in [0.29, 0.717) is 13.2 Å². The first kappa shape index (κ1) is 13.8. The van der Waals surface area contributed by atoms with Crippen LogP contribution in [0.3, 0.4) is 0 Å². The SMILES string of the molecule is Cc1c(Cl)cccc1C(Br)c1ccc2c(c1)OCCO2. The molecule has 1 aliphatic rings. The molecule has 4 heteroatoms. The Morgan fingerprint density at radius 2 is 1.85 bits per heavy atom. The van der Waals surface area contributed by atoms with Crippen molar-refractivity contribution in [3.8, 4) is 11.5 Å². The molecule has 2 nitrogen and oxygen atoms in total. The lowest BCUT2D eigenvalue weighted by Gasteiger charge is -2.21. The zero-order valence-corrected chi connectivity index (χ0v) is 13.4. The largest absolute Gasteiger partial charge is 0.486 e. The Balaban J connectivity index is 1.98. The highest BCUT2D eigenvalue weighted by atomic mass is 79.9. The fourth-order valence-electron chi connectivity index (χ4n) is 2.30. The van der Waals surface area contributed by atoms with Crippen LogP contribution in [0.4, 0.5) is 0 Å². The number of benzene rings is 2. The molecular weight excluding hydrogens is 340 g/mol. The first-order valence-corrected chi connectivity index (χ1v) is 7.75. The van der Waals surface area contributed by atoms with Gasteiger partial charge in [-0.05, 0) is 41.8 Å². The third-order valence-corrected chi connectivity index (χ3v) is 4.87. The van der Waals surface area contributed by atoms with Gasteiger partial charge in [0.1, 0.15) is 13.2 Å². The summed E-state index contributed by atoms with van der Waals surface area (Å²) in [5.74, 6) is 1.61. The van der Waals surface area contributed by atoms with Crippen molar-refractivity contribution in [1.29, 1.82) is 0 Å². The summed E-state index contributed by atoms with van der Waals surface area (Å²) in [4.78, 5) is 0.0806. The second-order valence-corrected chi connectivity index (χ2v) is 6.04. The number of fused-ring (bicyclic) bond motifs is 1. The van der Waals surface area contributed by atoms with Gasteiger partial charge in [-0.15, -0.1) is 0 Å². The zero-order valence-electron chi connectivity index (χ0n) is 11.0. The molecule has 2 aromatic carbocycles. The van der Waals surface area contributed by atoms with Crippen LogP contribution in [0.15, 0.2) is 36.4 Å². The van der Waals surface area contributed by atoms with E-state index in [2.05, 4.69) is 22.0 Å². The maximum absolute atomic E-state index is 6.20. The van der Waals surface area contributed by atoms with Crippen LogP contribution in [0.5, 0.6) is 11.5 Å². The van der Waals surface area contributed by atoms with Crippen molar-refractivity contribution in [2.75, 3.05) is 13.2 Å². The van der Waals surface area contributed by atoms with Crippen molar-refractivity contribution in [3.63, 3.8) is 0 Å². The molecule has 0 aromatic heterocycles. The Kier molecular flexibility index (Phi) is 3.90. The molecule has 3 rings (SSSR count). The van der Waals surface area contributed by atoms with Crippen LogP contribution in [-0.4, -0.2) is 13.2 Å². The molecule has 0 fully saturated rings. The van der Waals surface area contributed by atoms with E-state index in [4.69, 9.17) is 21.1 Å². The van der Waals surface area contributed by atoms with Crippen LogP contribution >= 0.6 is 27.5 Å². The molecule has 1 heterocycles. The Hall–Kier alpha value is -1.19. The van der Waals surface area contributed by atoms with Crippen molar-refractivity contribution in [3.05, 3.63) is 58.1 Å². The molecule has 1 unspecified atom stereocenters. The summed E-state index contributed by atoms with van der Waals surface area (Å²) in [6.45, 7) is 3.24. The molecule has 1 aliphatic heterocycles. The Morgan fingerprint density at radius 1 is 1.10 bits per heavy atom. The van der Waals surface area contributed by atoms with E-state index in [1.807, 2.05) is 37.3 Å². The van der Waals surface area contributed by atoms with Gasteiger partial charge in [-0.3, -0.25) is 0 Å². The molecule has 0 saturated carbocycles. The van der Waals surface area contributed by atoms with Gasteiger partial charge in [0.2, 0.25) is 0 Å². The number of halogens is 2. The maximum atomic E-state index is 6.20. The topological polar surface area (TPSA) is 18.5 Å². The Morgan fingerprint density at radius 3 is 2.65 bits per heavy atom. The lowest BCUT2D eigenvalue weighted by atomic mass is 10.00. The number of ether oxygens (including phenoxy) is 2. The quantitative estimate of drug-likeness (QED) is 0.715. The summed E-state index contributed by atoms with van der Waals surface area (Å²) >= 11 is 9.95. The summed E-state index contributed by atoms with van der Waals surface area (Å²) in [5.41, 5.74) is 3.37. The van der Waals surface area contributed by atoms with Crippen LogP contribution in [0, 0.1) is 6.92 Å². The smallest absolute Gasteiger partial charge is 0.161 e. The van der Waals surface area contributed by atoms with Gasteiger partial charge in [-0.25, -0.2) is 0 Å². The number of hydrogen-bond donors (Lipinski definition) is 0. The van der Waals surface area contributed by atoms with Crippen LogP contribution in [0.25, 0.3) is 0 Å². The molecule has 1 atom stereocenters. The highest BCUT2D eigenvalue weighted by Crippen LogP contribution is 2.39. The second kappa shape index (κ2) is 5.66. The van der Waals surface area contributed by atoms with Crippen molar-refractivity contribution in [1.82, 2.24) is 0 Å². The highest BCUT2D eigenvalue weighted by molar-refractivity contribution is 9.09. The standard InChI is InChI=1S/C16H14BrClO2/c1-10-12(3-2-4-13(10)18)16(17)11-5-6-14-15(9-11)20-8-7-19-14/h2-6,9,16H,7-8H2,1H3. The van der Waals surface area contributed by atoms with Gasteiger partial charge in [-0.2, -0.15) is 0 Å². The fraction of sp³-hybridized carbons (Fsp3) is 0.250. The second-order valence-electron chi connectivity index (χ2n) is 4.72. The van der Waals surface area contributed by atoms with E-state index < -0.39 is 0 Å². The monoisotopic (exact) mass is 352 g/mol. The highest BCUT2D eigenvalue weighted by Gasteiger charge is 2.18. The lowest BCUT2D eigenvalue weighted by molar-refractivity contribution is 0.171. The van der Waals surface area contributed by atoms with E-state index in [9.17, 15) is 0 Å². The molecule has 20 heavy (non-hydrogen) atoms. The first-order chi connectivity index (χ1) is 9.66. The summed E-state index contributed by atoms with van der Waals surface area (Å²) in [5, 5.41) is 0.782. The maximum Gasteiger partial charge on any atom is 0.161 e. The van der Waals surface area contributed by atoms with Crippen LogP contribution in [0.2, 0.25) is 5.02 Å². The van der Waals surface area contributed by atoms with Gasteiger partial charge in [-0.1, -0.05) is 45.7 Å². The summed E-state index contributed by atoms with van der Waals surface area (Å²) in [7, 11) is 0. The Bertz CT molecular complexity index is 642. The van der Waals surface area contributed by atoms with Gasteiger partial charge in [0.25, 0.3) is 0 Å². The van der Waals surface area contributed by atoms with Crippen molar-refractivity contribution < 1.29 is 9.47 Å². The summed E-state index contributed by atoms with van der Waals surface area (Å²) < 4.78 is 11.2. The van der Waals surface area contributed by atoms with E-state index >= 15 is 0 Å². The molecule has 0 spiro atoms. The van der Waals surface area contributed by atoms with Crippen molar-refractivity contribution >= 4 is 27.5 Å². The zero-order chi connectivity index (χ0) is 14.1. The van der Waals surface area contributed by atoms with E-state index in [1.165, 1.54) is 0 Å². The Labute approximate surface area is 131 Å². The lowest BCUT2D eigenvalue weighted by Crippen LogP contribution is -2.15. The predicted octanol–water partition coefficient (Wildman–Crippen LogP) is 4.90. The van der Waals surface area contributed by atoms with Gasteiger partial charge >= 0.3 is 0 Å². The van der Waals surface area contributed by atoms with Crippen molar-refractivity contribution in [2.24, 2.45) is 0 Å². The van der Waals surface area contributed by atoms with E-state index in [-0.39, 0.29) is 4.83 Å². The third kappa shape index (κ3) is 2.52. The third-order valence-electron chi connectivity index (χ3n) is 3.44. The minimum absolute atomic E-state index is 0.0806. The molecule has 0 N–H and O–H groups in total. The van der Waals surface area contributed by atoms with Gasteiger partial charge in [0.15, 0.2) is 11.5 Å². The summed E-state index contributed by atoms with van der Waals surface area (Å²) in [6.07, 6.45) is 0. The molecule has 0 bridgehead atoms. The minimum Gasteiger partial charge on any atom is -0.486 e. The van der Waals surface area contributed by atoms with Crippen molar-refractivity contribution in [2.45, 2.75) is 11.8 Å². The first-order valence-electron chi connectivity index (χ1n) is 6.45.